The molecule has 1 N–H and O–H groups in total. The van der Waals surface area contributed by atoms with Gasteiger partial charge < -0.3 is 24.3 Å². The summed E-state index contributed by atoms with van der Waals surface area (Å²) in [6.07, 6.45) is 1.96. The van der Waals surface area contributed by atoms with Crippen molar-refractivity contribution in [2.75, 3.05) is 33.9 Å². The van der Waals surface area contributed by atoms with Crippen LogP contribution in [0.2, 0.25) is 0 Å². The van der Waals surface area contributed by atoms with E-state index in [0.717, 1.165) is 36.1 Å². The molecule has 1 aromatic carbocycles. The second-order valence-corrected chi connectivity index (χ2v) is 7.00. The van der Waals surface area contributed by atoms with Crippen LogP contribution >= 0.6 is 0 Å². The average Bonchev–Trinajstić information content (AvgIpc) is 3.14. The number of pyridine rings is 1. The number of aromatic amines is 1. The monoisotopic (exact) mass is 373 g/mol. The predicted octanol–water partition coefficient (Wildman–Crippen LogP) is 2.59. The number of aromatic nitrogens is 1. The van der Waals surface area contributed by atoms with E-state index in [2.05, 4.69) is 4.98 Å². The summed E-state index contributed by atoms with van der Waals surface area (Å²) in [6, 6.07) is 7.27. The van der Waals surface area contributed by atoms with Crippen molar-refractivity contribution in [1.82, 2.24) is 14.8 Å². The summed E-state index contributed by atoms with van der Waals surface area (Å²) in [7, 11) is 3.42. The van der Waals surface area contributed by atoms with Gasteiger partial charge in [0.25, 0.3) is 5.56 Å². The molecule has 0 spiro atoms. The highest BCUT2D eigenvalue weighted by atomic mass is 16.5. The van der Waals surface area contributed by atoms with E-state index < -0.39 is 0 Å². The summed E-state index contributed by atoms with van der Waals surface area (Å²) in [5.74, 6) is 0.753. The van der Waals surface area contributed by atoms with Gasteiger partial charge in [0.15, 0.2) is 0 Å². The van der Waals surface area contributed by atoms with Gasteiger partial charge in [-0.1, -0.05) is 0 Å². The maximum atomic E-state index is 12.6. The van der Waals surface area contributed by atoms with Crippen LogP contribution in [0.1, 0.15) is 25.3 Å². The quantitative estimate of drug-likeness (QED) is 0.845. The van der Waals surface area contributed by atoms with Gasteiger partial charge in [-0.3, -0.25) is 4.79 Å². The number of nitrogens with one attached hydrogen (secondary N) is 1. The smallest absolute Gasteiger partial charge is 0.319 e. The molecule has 2 amide bonds. The summed E-state index contributed by atoms with van der Waals surface area (Å²) in [6.45, 7) is 3.95. The topological polar surface area (TPSA) is 74.9 Å². The lowest BCUT2D eigenvalue weighted by Crippen LogP contribution is -2.43. The summed E-state index contributed by atoms with van der Waals surface area (Å²) in [5, 5.41) is 0.880. The molecule has 1 fully saturated rings. The van der Waals surface area contributed by atoms with Gasteiger partial charge in [-0.2, -0.15) is 0 Å². The van der Waals surface area contributed by atoms with Crippen molar-refractivity contribution >= 4 is 16.9 Å². The number of carbonyl (C=O) groups excluding carboxylic acids is 1. The predicted molar refractivity (Wildman–Crippen MR) is 104 cm³/mol. The third-order valence-corrected chi connectivity index (χ3v) is 4.67. The second-order valence-electron chi connectivity index (χ2n) is 7.00. The van der Waals surface area contributed by atoms with E-state index in [1.165, 1.54) is 4.90 Å². The van der Waals surface area contributed by atoms with Crippen molar-refractivity contribution in [3.8, 4) is 5.75 Å². The van der Waals surface area contributed by atoms with E-state index in [-0.39, 0.29) is 24.2 Å². The van der Waals surface area contributed by atoms with Gasteiger partial charge in [0.2, 0.25) is 0 Å². The van der Waals surface area contributed by atoms with Crippen LogP contribution in [0, 0.1) is 0 Å². The van der Waals surface area contributed by atoms with Crippen LogP contribution < -0.4 is 10.3 Å². The Bertz CT molecular complexity index is 856. The number of amides is 2. The van der Waals surface area contributed by atoms with Crippen LogP contribution in [0.5, 0.6) is 5.75 Å². The van der Waals surface area contributed by atoms with Gasteiger partial charge in [0.05, 0.1) is 19.3 Å². The number of hydrogen-bond donors (Lipinski definition) is 1. The molecule has 0 unspecified atom stereocenters. The summed E-state index contributed by atoms with van der Waals surface area (Å²) in [4.78, 5) is 31.3. The molecule has 0 saturated carbocycles. The SMILES string of the molecule is CCOc1ccc2[nH]c(=O)c(CN(C[C@H]3CCCO3)C(=O)N(C)C)cc2c1. The van der Waals surface area contributed by atoms with Gasteiger partial charge in [-0.25, -0.2) is 4.79 Å². The molecule has 7 heteroatoms. The Kier molecular flexibility index (Phi) is 6.01. The summed E-state index contributed by atoms with van der Waals surface area (Å²) < 4.78 is 11.2. The highest BCUT2D eigenvalue weighted by Gasteiger charge is 2.24. The molecule has 0 aliphatic carbocycles. The number of carbonyl (C=O) groups is 1. The van der Waals surface area contributed by atoms with Crippen LogP contribution in [0.25, 0.3) is 10.9 Å². The fraction of sp³-hybridized carbons (Fsp3) is 0.500. The molecule has 1 aliphatic heterocycles. The summed E-state index contributed by atoms with van der Waals surface area (Å²) in [5.41, 5.74) is 1.11. The maximum absolute atomic E-state index is 12.6. The number of H-pyrrole nitrogens is 1. The van der Waals surface area contributed by atoms with Crippen molar-refractivity contribution in [3.05, 3.63) is 40.2 Å². The van der Waals surface area contributed by atoms with E-state index in [0.29, 0.717) is 18.7 Å². The molecule has 2 aromatic rings. The molecule has 27 heavy (non-hydrogen) atoms. The highest BCUT2D eigenvalue weighted by Crippen LogP contribution is 2.20. The van der Waals surface area contributed by atoms with Crippen molar-refractivity contribution in [3.63, 3.8) is 0 Å². The minimum absolute atomic E-state index is 0.0259. The lowest BCUT2D eigenvalue weighted by atomic mass is 10.1. The highest BCUT2D eigenvalue weighted by molar-refractivity contribution is 5.80. The molecular formula is C20H27N3O4. The molecule has 0 bridgehead atoms. The normalized spacial score (nSPS) is 16.5. The third kappa shape index (κ3) is 4.60. The number of rotatable bonds is 6. The molecule has 1 aliphatic rings. The Balaban J connectivity index is 1.88. The van der Waals surface area contributed by atoms with Gasteiger partial charge in [0, 0.05) is 43.7 Å². The minimum Gasteiger partial charge on any atom is -0.494 e. The van der Waals surface area contributed by atoms with Crippen molar-refractivity contribution in [2.24, 2.45) is 0 Å². The van der Waals surface area contributed by atoms with Crippen LogP contribution in [0.4, 0.5) is 4.79 Å². The molecule has 1 atom stereocenters. The Morgan fingerprint density at radius 1 is 1.33 bits per heavy atom. The molecule has 2 heterocycles. The van der Waals surface area contributed by atoms with E-state index in [9.17, 15) is 9.59 Å². The largest absolute Gasteiger partial charge is 0.494 e. The molecular weight excluding hydrogens is 346 g/mol. The average molecular weight is 373 g/mol. The van der Waals surface area contributed by atoms with Crippen LogP contribution in [-0.4, -0.2) is 60.8 Å². The van der Waals surface area contributed by atoms with E-state index in [4.69, 9.17) is 9.47 Å². The number of benzene rings is 1. The zero-order valence-electron chi connectivity index (χ0n) is 16.2. The van der Waals surface area contributed by atoms with Gasteiger partial charge in [0.1, 0.15) is 5.75 Å². The Morgan fingerprint density at radius 2 is 2.15 bits per heavy atom. The van der Waals surface area contributed by atoms with Crippen LogP contribution in [-0.2, 0) is 11.3 Å². The fourth-order valence-corrected chi connectivity index (χ4v) is 3.34. The standard InChI is InChI=1S/C20H27N3O4/c1-4-26-16-7-8-18-14(11-16)10-15(19(24)21-18)12-23(20(25)22(2)3)13-17-6-5-9-27-17/h7-8,10-11,17H,4-6,9,12-13H2,1-3H3,(H,21,24)/t17-/m1/s1. The number of ether oxygens (including phenoxy) is 2. The maximum Gasteiger partial charge on any atom is 0.319 e. The number of urea groups is 1. The first-order valence-corrected chi connectivity index (χ1v) is 9.34. The molecule has 7 nitrogen and oxygen atoms in total. The van der Waals surface area contributed by atoms with Gasteiger partial charge in [-0.15, -0.1) is 0 Å². The Hall–Kier alpha value is -2.54. The lowest BCUT2D eigenvalue weighted by Gasteiger charge is -2.28. The third-order valence-electron chi connectivity index (χ3n) is 4.67. The molecule has 1 saturated heterocycles. The van der Waals surface area contributed by atoms with Crippen molar-refractivity contribution in [1.29, 1.82) is 0 Å². The first-order chi connectivity index (χ1) is 13.0. The zero-order valence-corrected chi connectivity index (χ0v) is 16.2. The number of hydrogen-bond acceptors (Lipinski definition) is 4. The Labute approximate surface area is 158 Å². The Morgan fingerprint density at radius 3 is 2.81 bits per heavy atom. The number of fused-ring (bicyclic) bond motifs is 1. The van der Waals surface area contributed by atoms with E-state index in [1.807, 2.05) is 31.2 Å². The molecule has 0 radical (unpaired) electrons. The van der Waals surface area contributed by atoms with Gasteiger partial charge >= 0.3 is 6.03 Å². The first kappa shape index (κ1) is 19.2. The molecule has 146 valence electrons. The van der Waals surface area contributed by atoms with E-state index in [1.54, 1.807) is 19.0 Å². The minimum atomic E-state index is -0.185. The molecule has 3 rings (SSSR count). The van der Waals surface area contributed by atoms with Crippen LogP contribution in [0.3, 0.4) is 0 Å². The van der Waals surface area contributed by atoms with Crippen molar-refractivity contribution in [2.45, 2.75) is 32.4 Å². The zero-order chi connectivity index (χ0) is 19.4. The number of nitrogens with zero attached hydrogens (tertiary/aromatic N) is 2. The molecule has 1 aromatic heterocycles. The van der Waals surface area contributed by atoms with Crippen molar-refractivity contribution < 1.29 is 14.3 Å². The van der Waals surface area contributed by atoms with E-state index >= 15 is 0 Å². The fourth-order valence-electron chi connectivity index (χ4n) is 3.34. The second kappa shape index (κ2) is 8.43. The van der Waals surface area contributed by atoms with Gasteiger partial charge in [-0.05, 0) is 44.0 Å². The lowest BCUT2D eigenvalue weighted by molar-refractivity contribution is 0.0742. The van der Waals surface area contributed by atoms with Crippen LogP contribution in [0.15, 0.2) is 29.1 Å². The summed E-state index contributed by atoms with van der Waals surface area (Å²) >= 11 is 0. The first-order valence-electron chi connectivity index (χ1n) is 9.34.